The summed E-state index contributed by atoms with van der Waals surface area (Å²) in [6.07, 6.45) is 0.134. The number of aliphatic carboxylic acids is 1. The molecule has 0 aliphatic carbocycles. The minimum atomic E-state index is -0.770. The lowest BCUT2D eigenvalue weighted by Crippen LogP contribution is -2.48. The molecule has 1 N–H and O–H groups in total. The number of hydrogen-bond acceptors (Lipinski definition) is 4. The number of rotatable bonds is 4. The highest BCUT2D eigenvalue weighted by Gasteiger charge is 2.31. The Morgan fingerprint density at radius 3 is 3.05 bits per heavy atom. The van der Waals surface area contributed by atoms with Gasteiger partial charge >= 0.3 is 5.97 Å². The lowest BCUT2D eigenvalue weighted by Gasteiger charge is -2.36. The van der Waals surface area contributed by atoms with E-state index in [1.54, 1.807) is 0 Å². The highest BCUT2D eigenvalue weighted by Crippen LogP contribution is 2.34. The second-order valence-electron chi connectivity index (χ2n) is 5.37. The molecule has 3 rings (SSSR count). The molecule has 2 heterocycles. The summed E-state index contributed by atoms with van der Waals surface area (Å²) < 4.78 is 11.1. The number of carboxylic acid groups (broad SMARTS) is 1. The summed E-state index contributed by atoms with van der Waals surface area (Å²) in [4.78, 5) is 13.2. The van der Waals surface area contributed by atoms with Gasteiger partial charge in [-0.3, -0.25) is 9.69 Å². The van der Waals surface area contributed by atoms with Crippen molar-refractivity contribution in [2.45, 2.75) is 18.4 Å². The minimum Gasteiger partial charge on any atom is -0.493 e. The van der Waals surface area contributed by atoms with Gasteiger partial charge in [-0.1, -0.05) is 18.2 Å². The van der Waals surface area contributed by atoms with Crippen LogP contribution in [-0.2, 0) is 9.53 Å². The van der Waals surface area contributed by atoms with E-state index in [4.69, 9.17) is 14.6 Å². The van der Waals surface area contributed by atoms with Crippen molar-refractivity contribution in [3.63, 3.8) is 0 Å². The van der Waals surface area contributed by atoms with Crippen molar-refractivity contribution < 1.29 is 19.4 Å². The molecule has 20 heavy (non-hydrogen) atoms. The Balaban J connectivity index is 1.68. The Labute approximate surface area is 118 Å². The van der Waals surface area contributed by atoms with E-state index in [0.717, 1.165) is 18.8 Å². The average molecular weight is 277 g/mol. The molecule has 2 unspecified atom stereocenters. The van der Waals surface area contributed by atoms with Crippen LogP contribution in [0.25, 0.3) is 0 Å². The summed E-state index contributed by atoms with van der Waals surface area (Å²) in [5.74, 6) is 0.509. The number of ether oxygens (including phenoxy) is 2. The lowest BCUT2D eigenvalue weighted by molar-refractivity contribution is -0.140. The summed E-state index contributed by atoms with van der Waals surface area (Å²) in [6, 6.07) is 8.05. The predicted octanol–water partition coefficient (Wildman–Crippen LogP) is 1.34. The van der Waals surface area contributed by atoms with Crippen LogP contribution >= 0.6 is 0 Å². The topological polar surface area (TPSA) is 59.0 Å². The third kappa shape index (κ3) is 2.78. The Morgan fingerprint density at radius 1 is 1.35 bits per heavy atom. The van der Waals surface area contributed by atoms with Crippen molar-refractivity contribution in [3.05, 3.63) is 29.8 Å². The largest absolute Gasteiger partial charge is 0.493 e. The van der Waals surface area contributed by atoms with Gasteiger partial charge in [0.05, 0.1) is 26.2 Å². The van der Waals surface area contributed by atoms with Crippen molar-refractivity contribution in [1.29, 1.82) is 0 Å². The fourth-order valence-corrected chi connectivity index (χ4v) is 2.98. The zero-order chi connectivity index (χ0) is 13.9. The van der Waals surface area contributed by atoms with Crippen LogP contribution in [0.3, 0.4) is 0 Å². The molecule has 5 heteroatoms. The van der Waals surface area contributed by atoms with Crippen LogP contribution in [0.15, 0.2) is 24.3 Å². The standard InChI is InChI=1S/C15H19NO4/c17-15(18)7-12-10-19-6-5-16(12)8-11-9-20-14-4-2-1-3-13(11)14/h1-4,11-12H,5-10H2,(H,17,18). The normalized spacial score (nSPS) is 26.0. The van der Waals surface area contributed by atoms with E-state index in [9.17, 15) is 4.79 Å². The molecular weight excluding hydrogens is 258 g/mol. The molecule has 5 nitrogen and oxygen atoms in total. The summed E-state index contributed by atoms with van der Waals surface area (Å²) >= 11 is 0. The van der Waals surface area contributed by atoms with Crippen LogP contribution in [0.1, 0.15) is 17.9 Å². The monoisotopic (exact) mass is 277 g/mol. The van der Waals surface area contributed by atoms with Gasteiger partial charge in [0.1, 0.15) is 5.75 Å². The van der Waals surface area contributed by atoms with Gasteiger partial charge < -0.3 is 14.6 Å². The molecular formula is C15H19NO4. The summed E-state index contributed by atoms with van der Waals surface area (Å²) in [5, 5.41) is 9.00. The molecule has 0 saturated carbocycles. The Morgan fingerprint density at radius 2 is 2.20 bits per heavy atom. The van der Waals surface area contributed by atoms with E-state index in [-0.39, 0.29) is 12.5 Å². The molecule has 0 aromatic heterocycles. The molecule has 2 atom stereocenters. The van der Waals surface area contributed by atoms with Crippen LogP contribution < -0.4 is 4.74 Å². The maximum absolute atomic E-state index is 10.9. The van der Waals surface area contributed by atoms with Gasteiger partial charge in [-0.05, 0) is 6.07 Å². The van der Waals surface area contributed by atoms with Crippen LogP contribution in [0.4, 0.5) is 0 Å². The number of benzene rings is 1. The van der Waals surface area contributed by atoms with Crippen molar-refractivity contribution in [2.75, 3.05) is 32.9 Å². The molecule has 0 spiro atoms. The molecule has 1 fully saturated rings. The molecule has 1 saturated heterocycles. The first-order chi connectivity index (χ1) is 9.74. The molecule has 1 aromatic carbocycles. The van der Waals surface area contributed by atoms with Gasteiger partial charge in [-0.15, -0.1) is 0 Å². The SMILES string of the molecule is O=C(O)CC1COCCN1CC1COc2ccccc21. The number of nitrogens with zero attached hydrogens (tertiary/aromatic N) is 1. The molecule has 0 amide bonds. The number of para-hydroxylation sites is 1. The number of fused-ring (bicyclic) bond motifs is 1. The van der Waals surface area contributed by atoms with Crippen molar-refractivity contribution >= 4 is 5.97 Å². The number of morpholine rings is 1. The summed E-state index contributed by atoms with van der Waals surface area (Å²) in [6.45, 7) is 3.47. The Hall–Kier alpha value is -1.59. The number of hydrogen-bond donors (Lipinski definition) is 1. The fourth-order valence-electron chi connectivity index (χ4n) is 2.98. The van der Waals surface area contributed by atoms with E-state index in [2.05, 4.69) is 11.0 Å². The first-order valence-electron chi connectivity index (χ1n) is 6.99. The third-order valence-electron chi connectivity index (χ3n) is 4.01. The maximum Gasteiger partial charge on any atom is 0.305 e. The van der Waals surface area contributed by atoms with Crippen LogP contribution in [0.5, 0.6) is 5.75 Å². The van der Waals surface area contributed by atoms with Gasteiger partial charge in [0.25, 0.3) is 0 Å². The zero-order valence-electron chi connectivity index (χ0n) is 11.3. The average Bonchev–Trinajstić information content (AvgIpc) is 2.84. The van der Waals surface area contributed by atoms with Crippen LogP contribution in [0, 0.1) is 0 Å². The van der Waals surface area contributed by atoms with E-state index < -0.39 is 5.97 Å². The van der Waals surface area contributed by atoms with Crippen molar-refractivity contribution in [3.8, 4) is 5.75 Å². The zero-order valence-corrected chi connectivity index (χ0v) is 11.3. The third-order valence-corrected chi connectivity index (χ3v) is 4.01. The van der Waals surface area contributed by atoms with E-state index >= 15 is 0 Å². The van der Waals surface area contributed by atoms with Gasteiger partial charge in [0, 0.05) is 30.6 Å². The second kappa shape index (κ2) is 5.81. The fraction of sp³-hybridized carbons (Fsp3) is 0.533. The quantitative estimate of drug-likeness (QED) is 0.900. The van der Waals surface area contributed by atoms with Gasteiger partial charge in [-0.2, -0.15) is 0 Å². The summed E-state index contributed by atoms with van der Waals surface area (Å²) in [5.41, 5.74) is 1.23. The molecule has 1 aromatic rings. The Bertz CT molecular complexity index is 491. The first-order valence-corrected chi connectivity index (χ1v) is 6.99. The highest BCUT2D eigenvalue weighted by atomic mass is 16.5. The van der Waals surface area contributed by atoms with Gasteiger partial charge in [0.2, 0.25) is 0 Å². The van der Waals surface area contributed by atoms with E-state index in [1.807, 2.05) is 18.2 Å². The van der Waals surface area contributed by atoms with Crippen molar-refractivity contribution in [2.24, 2.45) is 0 Å². The van der Waals surface area contributed by atoms with Crippen LogP contribution in [0.2, 0.25) is 0 Å². The van der Waals surface area contributed by atoms with E-state index in [0.29, 0.717) is 25.7 Å². The number of carboxylic acids is 1. The van der Waals surface area contributed by atoms with Gasteiger partial charge in [-0.25, -0.2) is 0 Å². The summed E-state index contributed by atoms with van der Waals surface area (Å²) in [7, 11) is 0. The molecule has 2 aliphatic rings. The molecule has 0 radical (unpaired) electrons. The lowest BCUT2D eigenvalue weighted by atomic mass is 9.99. The van der Waals surface area contributed by atoms with Crippen molar-refractivity contribution in [1.82, 2.24) is 4.90 Å². The Kier molecular flexibility index (Phi) is 3.89. The molecule has 2 aliphatic heterocycles. The highest BCUT2D eigenvalue weighted by molar-refractivity contribution is 5.67. The predicted molar refractivity (Wildman–Crippen MR) is 73.1 cm³/mol. The first kappa shape index (κ1) is 13.4. The minimum absolute atomic E-state index is 0.0333. The van der Waals surface area contributed by atoms with Crippen LogP contribution in [-0.4, -0.2) is 54.9 Å². The molecule has 0 bridgehead atoms. The second-order valence-corrected chi connectivity index (χ2v) is 5.37. The molecule has 108 valence electrons. The number of carbonyl (C=O) groups is 1. The van der Waals surface area contributed by atoms with Gasteiger partial charge in [0.15, 0.2) is 0 Å². The smallest absolute Gasteiger partial charge is 0.305 e. The van der Waals surface area contributed by atoms with E-state index in [1.165, 1.54) is 5.56 Å². The maximum atomic E-state index is 10.9.